The average Bonchev–Trinajstić information content (AvgIpc) is 3.49. The van der Waals surface area contributed by atoms with E-state index in [2.05, 4.69) is 10.6 Å². The molecule has 2 aliphatic carbocycles. The number of halogens is 3. The van der Waals surface area contributed by atoms with Crippen LogP contribution in [-0.4, -0.2) is 37.2 Å². The van der Waals surface area contributed by atoms with E-state index < -0.39 is 11.7 Å². The molecule has 2 N–H and O–H groups in total. The zero-order valence-corrected chi connectivity index (χ0v) is 14.4. The molecule has 0 bridgehead atoms. The van der Waals surface area contributed by atoms with Gasteiger partial charge in [-0.05, 0) is 61.8 Å². The van der Waals surface area contributed by atoms with Gasteiger partial charge in [-0.15, -0.1) is 0 Å². The highest BCUT2D eigenvalue weighted by Gasteiger charge is 2.36. The normalized spacial score (nSPS) is 26.6. The standard InChI is InChI=1S/C19H23F3N2O2/c20-19(21,22)12-3-6-14(15(9-12)11-1-2-11)18(25)24-17-10-26-8-7-16(17)23-13-4-5-13/h3,6,9,11,13,16-17,23H,1-2,4-5,7-8,10H2,(H,24,25)/t16-,17+/m1/s1. The van der Waals surface area contributed by atoms with Crippen LogP contribution in [0.4, 0.5) is 13.2 Å². The summed E-state index contributed by atoms with van der Waals surface area (Å²) in [6.07, 6.45) is 0.407. The van der Waals surface area contributed by atoms with Gasteiger partial charge in [-0.2, -0.15) is 13.2 Å². The lowest BCUT2D eigenvalue weighted by atomic mass is 9.97. The zero-order chi connectivity index (χ0) is 18.3. The Balaban J connectivity index is 1.51. The van der Waals surface area contributed by atoms with E-state index >= 15 is 0 Å². The molecule has 1 heterocycles. The Morgan fingerprint density at radius 2 is 1.85 bits per heavy atom. The Morgan fingerprint density at radius 1 is 1.08 bits per heavy atom. The summed E-state index contributed by atoms with van der Waals surface area (Å²) in [7, 11) is 0. The Morgan fingerprint density at radius 3 is 2.50 bits per heavy atom. The van der Waals surface area contributed by atoms with Crippen LogP contribution < -0.4 is 10.6 Å². The highest BCUT2D eigenvalue weighted by molar-refractivity contribution is 5.96. The first kappa shape index (κ1) is 17.8. The van der Waals surface area contributed by atoms with Crippen LogP contribution in [0.25, 0.3) is 0 Å². The van der Waals surface area contributed by atoms with Crippen molar-refractivity contribution in [2.24, 2.45) is 0 Å². The minimum absolute atomic E-state index is 0.0565. The van der Waals surface area contributed by atoms with Gasteiger partial charge in [0.15, 0.2) is 0 Å². The van der Waals surface area contributed by atoms with Gasteiger partial charge in [-0.3, -0.25) is 4.79 Å². The van der Waals surface area contributed by atoms with Gasteiger partial charge in [0.05, 0.1) is 18.2 Å². The number of hydrogen-bond acceptors (Lipinski definition) is 3. The molecule has 1 aromatic carbocycles. The summed E-state index contributed by atoms with van der Waals surface area (Å²) < 4.78 is 44.5. The molecule has 7 heteroatoms. The highest BCUT2D eigenvalue weighted by Crippen LogP contribution is 2.43. The Bertz CT molecular complexity index is 684. The number of carbonyl (C=O) groups is 1. The fraction of sp³-hybridized carbons (Fsp3) is 0.632. The molecular weight excluding hydrogens is 345 g/mol. The van der Waals surface area contributed by atoms with Crippen LogP contribution >= 0.6 is 0 Å². The Labute approximate surface area is 150 Å². The summed E-state index contributed by atoms with van der Waals surface area (Å²) in [6.45, 7) is 1.08. The fourth-order valence-corrected chi connectivity index (χ4v) is 3.56. The van der Waals surface area contributed by atoms with E-state index in [1.165, 1.54) is 6.07 Å². The molecule has 4 nitrogen and oxygen atoms in total. The number of benzene rings is 1. The van der Waals surface area contributed by atoms with Gasteiger partial charge >= 0.3 is 6.18 Å². The van der Waals surface area contributed by atoms with Crippen LogP contribution in [0, 0.1) is 0 Å². The first-order valence-corrected chi connectivity index (χ1v) is 9.27. The van der Waals surface area contributed by atoms with Crippen LogP contribution in [-0.2, 0) is 10.9 Å². The number of alkyl halides is 3. The van der Waals surface area contributed by atoms with Gasteiger partial charge in [0, 0.05) is 24.3 Å². The molecule has 0 aromatic heterocycles. The average molecular weight is 368 g/mol. The molecule has 3 fully saturated rings. The van der Waals surface area contributed by atoms with Crippen molar-refractivity contribution in [2.75, 3.05) is 13.2 Å². The number of amides is 1. The summed E-state index contributed by atoms with van der Waals surface area (Å²) >= 11 is 0. The second-order valence-corrected chi connectivity index (χ2v) is 7.57. The van der Waals surface area contributed by atoms with Crippen molar-refractivity contribution in [1.82, 2.24) is 10.6 Å². The van der Waals surface area contributed by atoms with E-state index in [1.807, 2.05) is 0 Å². The maximum absolute atomic E-state index is 13.0. The summed E-state index contributed by atoms with van der Waals surface area (Å²) in [5.41, 5.74) is 0.183. The van der Waals surface area contributed by atoms with Crippen LogP contribution in [0.2, 0.25) is 0 Å². The predicted octanol–water partition coefficient (Wildman–Crippen LogP) is 3.22. The molecule has 1 amide bonds. The van der Waals surface area contributed by atoms with Gasteiger partial charge in [0.25, 0.3) is 5.91 Å². The van der Waals surface area contributed by atoms with Crippen LogP contribution in [0.5, 0.6) is 0 Å². The summed E-state index contributed by atoms with van der Waals surface area (Å²) in [5, 5.41) is 6.53. The molecule has 0 radical (unpaired) electrons. The molecule has 0 unspecified atom stereocenters. The lowest BCUT2D eigenvalue weighted by Crippen LogP contribution is -2.55. The lowest BCUT2D eigenvalue weighted by molar-refractivity contribution is -0.137. The molecule has 1 aliphatic heterocycles. The number of carbonyl (C=O) groups excluding carboxylic acids is 1. The first-order valence-electron chi connectivity index (χ1n) is 9.27. The third-order valence-electron chi connectivity index (χ3n) is 5.34. The summed E-state index contributed by atoms with van der Waals surface area (Å²) in [6, 6.07) is 3.97. The molecule has 0 spiro atoms. The number of ether oxygens (including phenoxy) is 1. The Kier molecular flexibility index (Phi) is 4.69. The van der Waals surface area contributed by atoms with Gasteiger partial charge < -0.3 is 15.4 Å². The van der Waals surface area contributed by atoms with E-state index in [1.54, 1.807) is 0 Å². The monoisotopic (exact) mass is 368 g/mol. The van der Waals surface area contributed by atoms with E-state index in [9.17, 15) is 18.0 Å². The molecule has 1 saturated heterocycles. The van der Waals surface area contributed by atoms with Gasteiger partial charge in [-0.1, -0.05) is 0 Å². The second kappa shape index (κ2) is 6.85. The lowest BCUT2D eigenvalue weighted by Gasteiger charge is -2.33. The van der Waals surface area contributed by atoms with Crippen molar-refractivity contribution >= 4 is 5.91 Å². The quantitative estimate of drug-likeness (QED) is 0.839. The van der Waals surface area contributed by atoms with Crippen molar-refractivity contribution in [2.45, 2.75) is 62.3 Å². The topological polar surface area (TPSA) is 50.4 Å². The SMILES string of the molecule is O=C(N[C@H]1COCC[C@H]1NC1CC1)c1ccc(C(F)(F)F)cc1C1CC1. The minimum Gasteiger partial charge on any atom is -0.379 e. The van der Waals surface area contributed by atoms with E-state index in [-0.39, 0.29) is 23.9 Å². The second-order valence-electron chi connectivity index (χ2n) is 7.57. The van der Waals surface area contributed by atoms with Crippen LogP contribution in [0.15, 0.2) is 18.2 Å². The Hall–Kier alpha value is -1.60. The maximum Gasteiger partial charge on any atom is 0.416 e. The van der Waals surface area contributed by atoms with Crippen molar-refractivity contribution in [3.63, 3.8) is 0 Å². The molecule has 4 rings (SSSR count). The van der Waals surface area contributed by atoms with E-state index in [0.717, 1.165) is 44.2 Å². The smallest absolute Gasteiger partial charge is 0.379 e. The third kappa shape index (κ3) is 4.04. The number of hydrogen-bond donors (Lipinski definition) is 2. The predicted molar refractivity (Wildman–Crippen MR) is 90.1 cm³/mol. The van der Waals surface area contributed by atoms with Gasteiger partial charge in [0.1, 0.15) is 0 Å². The van der Waals surface area contributed by atoms with Crippen LogP contribution in [0.3, 0.4) is 0 Å². The molecule has 142 valence electrons. The summed E-state index contributed by atoms with van der Waals surface area (Å²) in [4.78, 5) is 12.8. The van der Waals surface area contributed by atoms with E-state index in [4.69, 9.17) is 4.74 Å². The largest absolute Gasteiger partial charge is 0.416 e. The molecule has 3 aliphatic rings. The third-order valence-corrected chi connectivity index (χ3v) is 5.34. The maximum atomic E-state index is 13.0. The fourth-order valence-electron chi connectivity index (χ4n) is 3.56. The molecular formula is C19H23F3N2O2. The number of rotatable bonds is 5. The van der Waals surface area contributed by atoms with E-state index in [0.29, 0.717) is 30.4 Å². The zero-order valence-electron chi connectivity index (χ0n) is 14.4. The van der Waals surface area contributed by atoms with Crippen molar-refractivity contribution in [3.8, 4) is 0 Å². The molecule has 2 atom stereocenters. The molecule has 1 aromatic rings. The number of nitrogens with one attached hydrogen (secondary N) is 2. The van der Waals surface area contributed by atoms with Crippen LogP contribution in [0.1, 0.15) is 59.5 Å². The molecule has 26 heavy (non-hydrogen) atoms. The van der Waals surface area contributed by atoms with Gasteiger partial charge in [0.2, 0.25) is 0 Å². The van der Waals surface area contributed by atoms with Crippen molar-refractivity contribution in [1.29, 1.82) is 0 Å². The highest BCUT2D eigenvalue weighted by atomic mass is 19.4. The van der Waals surface area contributed by atoms with Gasteiger partial charge in [-0.25, -0.2) is 0 Å². The summed E-state index contributed by atoms with van der Waals surface area (Å²) in [5.74, 6) is -0.250. The first-order chi connectivity index (χ1) is 12.4. The van der Waals surface area contributed by atoms with Crippen molar-refractivity contribution in [3.05, 3.63) is 34.9 Å². The minimum atomic E-state index is -4.39. The molecule has 2 saturated carbocycles. The van der Waals surface area contributed by atoms with Crippen molar-refractivity contribution < 1.29 is 22.7 Å².